The molecule has 130 valence electrons. The number of carbonyl (C=O) groups is 1. The van der Waals surface area contributed by atoms with Crippen molar-refractivity contribution in [3.05, 3.63) is 65.7 Å². The molecule has 0 radical (unpaired) electrons. The van der Waals surface area contributed by atoms with Crippen molar-refractivity contribution in [1.29, 1.82) is 0 Å². The molecule has 3 nitrogen and oxygen atoms in total. The molecule has 2 aromatic rings. The van der Waals surface area contributed by atoms with Crippen LogP contribution in [0, 0.1) is 12.3 Å². The molecule has 3 rings (SSSR count). The summed E-state index contributed by atoms with van der Waals surface area (Å²) in [5.74, 6) is 0.220. The summed E-state index contributed by atoms with van der Waals surface area (Å²) in [5, 5.41) is 0. The van der Waals surface area contributed by atoms with E-state index >= 15 is 0 Å². The first-order valence-corrected chi connectivity index (χ1v) is 12.0. The minimum atomic E-state index is -0.561. The number of para-hydroxylation sites is 1. The van der Waals surface area contributed by atoms with Gasteiger partial charge >= 0.3 is 0 Å². The van der Waals surface area contributed by atoms with Crippen molar-refractivity contribution in [3.63, 3.8) is 0 Å². The summed E-state index contributed by atoms with van der Waals surface area (Å²) in [6.07, 6.45) is 0.823. The highest BCUT2D eigenvalue weighted by molar-refractivity contribution is 8.10. The highest BCUT2D eigenvalue weighted by atomic mass is 32.0. The second-order valence-corrected chi connectivity index (χ2v) is 9.95. The minimum Gasteiger partial charge on any atom is -0.320 e. The molecule has 1 amide bonds. The minimum absolute atomic E-state index is 0.220. The van der Waals surface area contributed by atoms with Gasteiger partial charge in [-0.25, -0.2) is 0 Å². The fraction of sp³-hybridized carbons (Fsp3) is 0.300. The van der Waals surface area contributed by atoms with Crippen LogP contribution in [-0.2, 0) is 4.79 Å². The first-order chi connectivity index (χ1) is 12.1. The maximum absolute atomic E-state index is 13.2. The van der Waals surface area contributed by atoms with Crippen LogP contribution in [0.2, 0.25) is 0 Å². The van der Waals surface area contributed by atoms with E-state index in [0.29, 0.717) is 8.42 Å². The number of aliphatic imine (C=N–C) groups is 1. The van der Waals surface area contributed by atoms with Gasteiger partial charge in [-0.3, -0.25) is 9.79 Å². The van der Waals surface area contributed by atoms with E-state index in [9.17, 15) is 4.79 Å². The Balaban J connectivity index is 2.11. The molecule has 0 aromatic heterocycles. The predicted molar refractivity (Wildman–Crippen MR) is 111 cm³/mol. The van der Waals surface area contributed by atoms with Crippen molar-refractivity contribution in [2.24, 2.45) is 10.4 Å². The van der Waals surface area contributed by atoms with Gasteiger partial charge in [0.2, 0.25) is 5.91 Å². The van der Waals surface area contributed by atoms with Crippen LogP contribution >= 0.6 is 16.7 Å². The summed E-state index contributed by atoms with van der Waals surface area (Å²) in [7, 11) is 1.37. The number of rotatable bonds is 5. The Kier molecular flexibility index (Phi) is 5.67. The zero-order chi connectivity index (χ0) is 17.9. The van der Waals surface area contributed by atoms with Gasteiger partial charge in [0.25, 0.3) is 0 Å². The lowest BCUT2D eigenvalue weighted by atomic mass is 9.79. The van der Waals surface area contributed by atoms with Crippen LogP contribution in [0.15, 0.2) is 59.6 Å². The van der Waals surface area contributed by atoms with Crippen LogP contribution in [0.1, 0.15) is 24.5 Å². The molecule has 25 heavy (non-hydrogen) atoms. The zero-order valence-corrected chi connectivity index (χ0v) is 16.9. The molecule has 0 bridgehead atoms. The molecule has 0 saturated carbocycles. The molecule has 2 unspecified atom stereocenters. The van der Waals surface area contributed by atoms with Gasteiger partial charge in [0, 0.05) is 15.0 Å². The average molecular weight is 370 g/mol. The molecular formula is C20H24N2OP2. The van der Waals surface area contributed by atoms with E-state index in [1.807, 2.05) is 47.1 Å². The van der Waals surface area contributed by atoms with Crippen molar-refractivity contribution >= 4 is 34.0 Å². The number of hydrogen-bond donors (Lipinski definition) is 0. The van der Waals surface area contributed by atoms with Gasteiger partial charge in [0.05, 0.1) is 16.8 Å². The molecule has 1 aliphatic heterocycles. The fourth-order valence-electron chi connectivity index (χ4n) is 3.25. The number of aryl methyl sites for hydroxylation is 1. The number of hydrogen-bond acceptors (Lipinski definition) is 2. The summed E-state index contributed by atoms with van der Waals surface area (Å²) in [6.45, 7) is 7.13. The smallest absolute Gasteiger partial charge is 0.237 e. The van der Waals surface area contributed by atoms with Crippen molar-refractivity contribution in [2.75, 3.05) is 13.2 Å². The molecular weight excluding hydrogens is 346 g/mol. The molecule has 0 aliphatic carbocycles. The maximum atomic E-state index is 13.2. The molecule has 3 atom stereocenters. The lowest BCUT2D eigenvalue weighted by Gasteiger charge is -2.26. The summed E-state index contributed by atoms with van der Waals surface area (Å²) in [6, 6.07) is 18.2. The van der Waals surface area contributed by atoms with Gasteiger partial charge in [-0.15, -0.1) is 0 Å². The molecule has 1 saturated heterocycles. The fourth-order valence-corrected chi connectivity index (χ4v) is 5.55. The van der Waals surface area contributed by atoms with Crippen molar-refractivity contribution in [3.8, 4) is 0 Å². The maximum Gasteiger partial charge on any atom is 0.237 e. The monoisotopic (exact) mass is 370 g/mol. The molecule has 2 aromatic carbocycles. The predicted octanol–water partition coefficient (Wildman–Crippen LogP) is 5.17. The van der Waals surface area contributed by atoms with Crippen molar-refractivity contribution < 1.29 is 4.79 Å². The Morgan fingerprint density at radius 2 is 1.80 bits per heavy atom. The second-order valence-electron chi connectivity index (χ2n) is 6.51. The summed E-state index contributed by atoms with van der Waals surface area (Å²) >= 11 is 0. The summed E-state index contributed by atoms with van der Waals surface area (Å²) in [4.78, 5) is 18.2. The van der Waals surface area contributed by atoms with Crippen LogP contribution in [0.5, 0.6) is 0 Å². The SMILES string of the molecule is CPPN1CC[C@@](C)(C(=Nc2ccccc2)c2ccccc2C)C1=O. The number of nitrogens with zero attached hydrogens (tertiary/aromatic N) is 2. The van der Waals surface area contributed by atoms with Crippen LogP contribution < -0.4 is 0 Å². The van der Waals surface area contributed by atoms with E-state index in [1.54, 1.807) is 0 Å². The average Bonchev–Trinajstić information content (AvgIpc) is 2.91. The Morgan fingerprint density at radius 3 is 2.48 bits per heavy atom. The van der Waals surface area contributed by atoms with Gasteiger partial charge in [0.15, 0.2) is 0 Å². The molecule has 1 aliphatic rings. The van der Waals surface area contributed by atoms with Gasteiger partial charge < -0.3 is 4.67 Å². The lowest BCUT2D eigenvalue weighted by Crippen LogP contribution is -2.36. The number of amides is 1. The van der Waals surface area contributed by atoms with Crippen molar-refractivity contribution in [2.45, 2.75) is 20.3 Å². The quantitative estimate of drug-likeness (QED) is 0.528. The van der Waals surface area contributed by atoms with E-state index in [4.69, 9.17) is 4.99 Å². The Labute approximate surface area is 153 Å². The Hall–Kier alpha value is -1.56. The van der Waals surface area contributed by atoms with E-state index in [-0.39, 0.29) is 5.91 Å². The zero-order valence-electron chi connectivity index (χ0n) is 14.9. The van der Waals surface area contributed by atoms with Gasteiger partial charge in [-0.05, 0) is 50.2 Å². The van der Waals surface area contributed by atoms with Gasteiger partial charge in [0.1, 0.15) is 0 Å². The van der Waals surface area contributed by atoms with Crippen molar-refractivity contribution in [1.82, 2.24) is 4.67 Å². The standard InChI is InChI=1S/C20H24N2OP2/c1-15-9-7-8-12-17(15)18(21-16-10-5-4-6-11-16)20(2)13-14-22(19(20)23)25-24-3/h4-12,24-25H,13-14H2,1-3H3/t20-/m0/s1. The van der Waals surface area contributed by atoms with Gasteiger partial charge in [-0.2, -0.15) is 0 Å². The van der Waals surface area contributed by atoms with E-state index in [0.717, 1.165) is 43.8 Å². The largest absolute Gasteiger partial charge is 0.320 e. The molecule has 1 fully saturated rings. The lowest BCUT2D eigenvalue weighted by molar-refractivity contribution is -0.128. The third-order valence-corrected chi connectivity index (χ3v) is 7.12. The van der Waals surface area contributed by atoms with E-state index in [2.05, 4.69) is 32.6 Å². The van der Waals surface area contributed by atoms with Gasteiger partial charge in [-0.1, -0.05) is 50.7 Å². The van der Waals surface area contributed by atoms with Crippen LogP contribution in [0.25, 0.3) is 0 Å². The first-order valence-electron chi connectivity index (χ1n) is 8.51. The van der Waals surface area contributed by atoms with Crippen LogP contribution in [-0.4, -0.2) is 29.5 Å². The molecule has 1 heterocycles. The number of carbonyl (C=O) groups excluding carboxylic acids is 1. The van der Waals surface area contributed by atoms with E-state index < -0.39 is 5.41 Å². The molecule has 0 spiro atoms. The normalized spacial score (nSPS) is 22.0. The summed E-state index contributed by atoms with van der Waals surface area (Å²) < 4.78 is 2.03. The first kappa shape index (κ1) is 18.2. The summed E-state index contributed by atoms with van der Waals surface area (Å²) in [5.41, 5.74) is 3.46. The highest BCUT2D eigenvalue weighted by Crippen LogP contribution is 2.47. The Morgan fingerprint density at radius 1 is 1.12 bits per heavy atom. The highest BCUT2D eigenvalue weighted by Gasteiger charge is 2.47. The number of benzene rings is 2. The molecule has 5 heteroatoms. The Bertz CT molecular complexity index is 791. The second kappa shape index (κ2) is 7.77. The third kappa shape index (κ3) is 3.68. The topological polar surface area (TPSA) is 32.7 Å². The van der Waals surface area contributed by atoms with Crippen LogP contribution in [0.4, 0.5) is 5.69 Å². The third-order valence-electron chi connectivity index (χ3n) is 4.72. The van der Waals surface area contributed by atoms with E-state index in [1.165, 1.54) is 0 Å². The molecule has 0 N–H and O–H groups in total. The van der Waals surface area contributed by atoms with Crippen LogP contribution in [0.3, 0.4) is 0 Å².